The second-order valence-corrected chi connectivity index (χ2v) is 6.85. The van der Waals surface area contributed by atoms with E-state index in [1.54, 1.807) is 30.3 Å². The van der Waals surface area contributed by atoms with Gasteiger partial charge in [0.15, 0.2) is 0 Å². The Balaban J connectivity index is 1.68. The Morgan fingerprint density at radius 2 is 1.75 bits per heavy atom. The van der Waals surface area contributed by atoms with E-state index in [4.69, 9.17) is 5.26 Å². The molecule has 0 aromatic heterocycles. The van der Waals surface area contributed by atoms with Gasteiger partial charge in [-0.2, -0.15) is 5.26 Å². The fourth-order valence-electron chi connectivity index (χ4n) is 3.27. The van der Waals surface area contributed by atoms with Crippen LogP contribution in [0.25, 0.3) is 6.08 Å². The van der Waals surface area contributed by atoms with Gasteiger partial charge in [-0.3, -0.25) is 9.59 Å². The molecule has 1 fully saturated rings. The molecule has 0 bridgehead atoms. The van der Waals surface area contributed by atoms with Gasteiger partial charge >= 0.3 is 0 Å². The number of hydrogen-bond donors (Lipinski definition) is 1. The molecule has 1 N–H and O–H groups in total. The van der Waals surface area contributed by atoms with Crippen LogP contribution in [-0.2, 0) is 16.0 Å². The molecule has 5 heteroatoms. The van der Waals surface area contributed by atoms with Crippen LogP contribution in [0.1, 0.15) is 29.5 Å². The molecule has 2 aromatic carbocycles. The van der Waals surface area contributed by atoms with Crippen LogP contribution in [-0.4, -0.2) is 35.8 Å². The average molecular weight is 373 g/mol. The van der Waals surface area contributed by atoms with E-state index in [2.05, 4.69) is 11.4 Å². The minimum absolute atomic E-state index is 0.0264. The Labute approximate surface area is 165 Å². The predicted molar refractivity (Wildman–Crippen MR) is 108 cm³/mol. The molecule has 28 heavy (non-hydrogen) atoms. The smallest absolute Gasteiger partial charge is 0.245 e. The average Bonchev–Trinajstić information content (AvgIpc) is 3.27. The van der Waals surface area contributed by atoms with Crippen molar-refractivity contribution in [3.05, 3.63) is 77.4 Å². The summed E-state index contributed by atoms with van der Waals surface area (Å²) in [5, 5.41) is 11.7. The number of nitriles is 1. The van der Waals surface area contributed by atoms with Gasteiger partial charge in [0.2, 0.25) is 11.8 Å². The third-order valence-electron chi connectivity index (χ3n) is 4.78. The van der Waals surface area contributed by atoms with Gasteiger partial charge in [-0.1, -0.05) is 42.5 Å². The summed E-state index contributed by atoms with van der Waals surface area (Å²) < 4.78 is 0. The maximum atomic E-state index is 12.9. The normalized spacial score (nSPS) is 14.6. The summed E-state index contributed by atoms with van der Waals surface area (Å²) in [7, 11) is 0. The number of amides is 2. The number of carbonyl (C=O) groups is 2. The molecular weight excluding hydrogens is 350 g/mol. The topological polar surface area (TPSA) is 73.2 Å². The van der Waals surface area contributed by atoms with E-state index < -0.39 is 6.04 Å². The van der Waals surface area contributed by atoms with Crippen molar-refractivity contribution in [1.29, 1.82) is 5.26 Å². The van der Waals surface area contributed by atoms with E-state index in [1.807, 2.05) is 35.2 Å². The highest BCUT2D eigenvalue weighted by molar-refractivity contribution is 5.95. The van der Waals surface area contributed by atoms with Crippen LogP contribution in [0, 0.1) is 11.3 Å². The summed E-state index contributed by atoms with van der Waals surface area (Å²) in [6, 6.07) is 18.1. The highest BCUT2D eigenvalue weighted by Crippen LogP contribution is 2.12. The predicted octanol–water partition coefficient (Wildman–Crippen LogP) is 2.92. The molecule has 1 heterocycles. The van der Waals surface area contributed by atoms with E-state index in [-0.39, 0.29) is 11.8 Å². The summed E-state index contributed by atoms with van der Waals surface area (Å²) in [5.74, 6) is -0.334. The largest absolute Gasteiger partial charge is 0.341 e. The second-order valence-electron chi connectivity index (χ2n) is 6.85. The van der Waals surface area contributed by atoms with Crippen LogP contribution in [0.3, 0.4) is 0 Å². The molecular formula is C23H23N3O2. The van der Waals surface area contributed by atoms with Crippen LogP contribution in [0.4, 0.5) is 0 Å². The zero-order chi connectivity index (χ0) is 19.8. The van der Waals surface area contributed by atoms with Gasteiger partial charge in [0.1, 0.15) is 6.04 Å². The molecule has 0 spiro atoms. The Bertz CT molecular complexity index is 876. The van der Waals surface area contributed by atoms with Crippen LogP contribution in [0.15, 0.2) is 60.7 Å². The molecule has 1 unspecified atom stereocenters. The number of nitrogens with one attached hydrogen (secondary N) is 1. The van der Waals surface area contributed by atoms with E-state index in [9.17, 15) is 9.59 Å². The number of hydrogen-bond acceptors (Lipinski definition) is 3. The van der Waals surface area contributed by atoms with Gasteiger partial charge in [-0.25, -0.2) is 0 Å². The zero-order valence-electron chi connectivity index (χ0n) is 15.7. The maximum Gasteiger partial charge on any atom is 0.245 e. The lowest BCUT2D eigenvalue weighted by atomic mass is 10.0. The van der Waals surface area contributed by atoms with Crippen molar-refractivity contribution >= 4 is 17.9 Å². The van der Waals surface area contributed by atoms with Crippen LogP contribution >= 0.6 is 0 Å². The Kier molecular flexibility index (Phi) is 6.59. The molecule has 0 radical (unpaired) electrons. The maximum absolute atomic E-state index is 12.9. The van der Waals surface area contributed by atoms with Gasteiger partial charge < -0.3 is 10.2 Å². The zero-order valence-corrected chi connectivity index (χ0v) is 15.7. The summed E-state index contributed by atoms with van der Waals surface area (Å²) in [4.78, 5) is 27.2. The Morgan fingerprint density at radius 3 is 2.39 bits per heavy atom. The molecule has 1 aliphatic rings. The molecule has 2 amide bonds. The molecule has 1 aliphatic heterocycles. The van der Waals surface area contributed by atoms with Gasteiger partial charge in [0, 0.05) is 25.6 Å². The van der Waals surface area contributed by atoms with E-state index >= 15 is 0 Å². The monoisotopic (exact) mass is 373 g/mol. The first-order chi connectivity index (χ1) is 13.7. The Hall–Kier alpha value is -3.39. The fraction of sp³-hybridized carbons (Fsp3) is 0.261. The van der Waals surface area contributed by atoms with Crippen LogP contribution in [0.2, 0.25) is 0 Å². The summed E-state index contributed by atoms with van der Waals surface area (Å²) in [6.45, 7) is 1.50. The third-order valence-corrected chi connectivity index (χ3v) is 4.78. The quantitative estimate of drug-likeness (QED) is 0.791. The lowest BCUT2D eigenvalue weighted by Gasteiger charge is -2.23. The molecule has 0 saturated carbocycles. The first-order valence-corrected chi connectivity index (χ1v) is 9.47. The number of carbonyl (C=O) groups excluding carboxylic acids is 2. The van der Waals surface area contributed by atoms with Gasteiger partial charge in [-0.05, 0) is 42.2 Å². The number of nitrogens with zero attached hydrogens (tertiary/aromatic N) is 2. The fourth-order valence-corrected chi connectivity index (χ4v) is 3.27. The molecule has 1 atom stereocenters. The molecule has 142 valence electrons. The first-order valence-electron chi connectivity index (χ1n) is 9.47. The molecule has 1 saturated heterocycles. The van der Waals surface area contributed by atoms with Gasteiger partial charge in [0.25, 0.3) is 0 Å². The molecule has 3 rings (SSSR count). The molecule has 2 aromatic rings. The van der Waals surface area contributed by atoms with Crippen molar-refractivity contribution in [3.63, 3.8) is 0 Å². The Morgan fingerprint density at radius 1 is 1.07 bits per heavy atom. The van der Waals surface area contributed by atoms with Gasteiger partial charge in [-0.15, -0.1) is 0 Å². The van der Waals surface area contributed by atoms with Crippen molar-refractivity contribution in [3.8, 4) is 6.07 Å². The summed E-state index contributed by atoms with van der Waals surface area (Å²) in [5.41, 5.74) is 2.40. The van der Waals surface area contributed by atoms with Crippen molar-refractivity contribution in [2.45, 2.75) is 25.3 Å². The van der Waals surface area contributed by atoms with Crippen molar-refractivity contribution in [2.75, 3.05) is 13.1 Å². The lowest BCUT2D eigenvalue weighted by Crippen LogP contribution is -2.48. The van der Waals surface area contributed by atoms with E-state index in [1.165, 1.54) is 6.08 Å². The van der Waals surface area contributed by atoms with Crippen molar-refractivity contribution < 1.29 is 9.59 Å². The number of rotatable bonds is 6. The summed E-state index contributed by atoms with van der Waals surface area (Å²) >= 11 is 0. The number of benzene rings is 2. The minimum Gasteiger partial charge on any atom is -0.341 e. The van der Waals surface area contributed by atoms with E-state index in [0.29, 0.717) is 12.0 Å². The second kappa shape index (κ2) is 9.52. The van der Waals surface area contributed by atoms with Crippen LogP contribution in [0.5, 0.6) is 0 Å². The number of likely N-dealkylation sites (tertiary alicyclic amines) is 1. The van der Waals surface area contributed by atoms with Crippen molar-refractivity contribution in [2.24, 2.45) is 0 Å². The first kappa shape index (κ1) is 19.4. The SMILES string of the molecule is N#Cc1ccc(C=CC(=O)NC(Cc2ccccc2)C(=O)N2CCCC2)cc1. The standard InChI is InChI=1S/C23H23N3O2/c24-17-20-10-8-18(9-11-20)12-13-22(27)25-21(16-19-6-2-1-3-7-19)23(28)26-14-4-5-15-26/h1-3,6-13,21H,4-5,14-16H2,(H,25,27). The molecule has 0 aliphatic carbocycles. The lowest BCUT2D eigenvalue weighted by molar-refractivity contribution is -0.134. The van der Waals surface area contributed by atoms with Gasteiger partial charge in [0.05, 0.1) is 11.6 Å². The van der Waals surface area contributed by atoms with E-state index in [0.717, 1.165) is 37.1 Å². The highest BCUT2D eigenvalue weighted by Gasteiger charge is 2.27. The third kappa shape index (κ3) is 5.31. The minimum atomic E-state index is -0.585. The van der Waals surface area contributed by atoms with Crippen molar-refractivity contribution in [1.82, 2.24) is 10.2 Å². The summed E-state index contributed by atoms with van der Waals surface area (Å²) in [6.07, 6.45) is 5.59. The highest BCUT2D eigenvalue weighted by atomic mass is 16.2. The van der Waals surface area contributed by atoms with Crippen LogP contribution < -0.4 is 5.32 Å². The molecule has 5 nitrogen and oxygen atoms in total.